The van der Waals surface area contributed by atoms with Crippen LogP contribution in [-0.2, 0) is 6.54 Å². The summed E-state index contributed by atoms with van der Waals surface area (Å²) in [5.74, 6) is 0.658. The van der Waals surface area contributed by atoms with Gasteiger partial charge in [-0.05, 0) is 24.3 Å². The van der Waals surface area contributed by atoms with E-state index in [2.05, 4.69) is 9.97 Å². The molecule has 0 atom stereocenters. The topological polar surface area (TPSA) is 75.0 Å². The highest BCUT2D eigenvalue weighted by Gasteiger charge is 2.14. The average molecular weight is 230 g/mol. The fourth-order valence-corrected chi connectivity index (χ4v) is 1.56. The van der Waals surface area contributed by atoms with Crippen molar-refractivity contribution in [3.05, 3.63) is 47.9 Å². The summed E-state index contributed by atoms with van der Waals surface area (Å²) in [6, 6.07) is 7.07. The van der Waals surface area contributed by atoms with Gasteiger partial charge in [0.1, 0.15) is 5.82 Å². The zero-order chi connectivity index (χ0) is 12.3. The van der Waals surface area contributed by atoms with Crippen LogP contribution in [0.2, 0.25) is 0 Å². The number of aromatic nitrogens is 2. The van der Waals surface area contributed by atoms with E-state index in [1.165, 1.54) is 0 Å². The van der Waals surface area contributed by atoms with Gasteiger partial charge in [-0.1, -0.05) is 0 Å². The summed E-state index contributed by atoms with van der Waals surface area (Å²) in [5.41, 5.74) is 6.78. The highest BCUT2D eigenvalue weighted by Crippen LogP contribution is 2.12. The molecule has 88 valence electrons. The number of nitrogens with two attached hydrogens (primary N) is 1. The minimum absolute atomic E-state index is 0.0930. The van der Waals surface area contributed by atoms with Crippen LogP contribution in [-0.4, -0.2) is 22.9 Å². The number of amides is 1. The number of anilines is 1. The first-order chi connectivity index (χ1) is 8.22. The van der Waals surface area contributed by atoms with Gasteiger partial charge in [0, 0.05) is 31.5 Å². The summed E-state index contributed by atoms with van der Waals surface area (Å²) in [5, 5.41) is 0. The third kappa shape index (κ3) is 2.34. The van der Waals surface area contributed by atoms with Crippen molar-refractivity contribution >= 4 is 11.7 Å². The molecule has 0 saturated carbocycles. The van der Waals surface area contributed by atoms with E-state index < -0.39 is 0 Å². The number of H-pyrrole nitrogens is 1. The number of hydrogen-bond acceptors (Lipinski definition) is 3. The molecule has 0 aromatic carbocycles. The Morgan fingerprint density at radius 3 is 3.00 bits per heavy atom. The van der Waals surface area contributed by atoms with Gasteiger partial charge in [0.2, 0.25) is 0 Å². The van der Waals surface area contributed by atoms with Gasteiger partial charge in [-0.3, -0.25) is 14.7 Å². The second-order valence-electron chi connectivity index (χ2n) is 3.66. The molecule has 0 aliphatic carbocycles. The number of pyridine rings is 1. The van der Waals surface area contributed by atoms with Crippen molar-refractivity contribution in [1.82, 2.24) is 9.97 Å². The van der Waals surface area contributed by atoms with Crippen LogP contribution < -0.4 is 10.6 Å². The summed E-state index contributed by atoms with van der Waals surface area (Å²) in [6.45, 7) is 0.327. The van der Waals surface area contributed by atoms with Gasteiger partial charge >= 0.3 is 0 Å². The van der Waals surface area contributed by atoms with Crippen LogP contribution in [0.3, 0.4) is 0 Å². The van der Waals surface area contributed by atoms with Gasteiger partial charge in [-0.15, -0.1) is 0 Å². The molecule has 1 amide bonds. The second-order valence-corrected chi connectivity index (χ2v) is 3.66. The molecule has 5 heteroatoms. The highest BCUT2D eigenvalue weighted by molar-refractivity contribution is 6.05. The third-order valence-electron chi connectivity index (χ3n) is 2.52. The van der Waals surface area contributed by atoms with Crippen molar-refractivity contribution in [1.29, 1.82) is 0 Å². The third-order valence-corrected chi connectivity index (χ3v) is 2.52. The first-order valence-corrected chi connectivity index (χ1v) is 5.29. The lowest BCUT2D eigenvalue weighted by Gasteiger charge is -2.15. The first-order valence-electron chi connectivity index (χ1n) is 5.29. The number of nitrogens with zero attached hydrogens (tertiary/aromatic N) is 2. The lowest BCUT2D eigenvalue weighted by molar-refractivity contribution is 0.0992. The molecule has 2 heterocycles. The van der Waals surface area contributed by atoms with Gasteiger partial charge in [-0.2, -0.15) is 0 Å². The molecule has 0 radical (unpaired) electrons. The molecular weight excluding hydrogens is 216 g/mol. The Morgan fingerprint density at radius 1 is 1.53 bits per heavy atom. The van der Waals surface area contributed by atoms with Crippen LogP contribution in [0.5, 0.6) is 0 Å². The Kier molecular flexibility index (Phi) is 3.20. The Balaban J connectivity index is 2.24. The van der Waals surface area contributed by atoms with Crippen molar-refractivity contribution < 1.29 is 4.79 Å². The van der Waals surface area contributed by atoms with Gasteiger partial charge in [0.15, 0.2) is 0 Å². The van der Waals surface area contributed by atoms with E-state index in [-0.39, 0.29) is 5.91 Å². The molecule has 2 aromatic rings. The second kappa shape index (κ2) is 4.80. The van der Waals surface area contributed by atoms with Crippen LogP contribution in [0.15, 0.2) is 36.7 Å². The van der Waals surface area contributed by atoms with Crippen molar-refractivity contribution in [3.8, 4) is 0 Å². The minimum Gasteiger partial charge on any atom is -0.348 e. The Hall–Kier alpha value is -2.14. The van der Waals surface area contributed by atoms with E-state index >= 15 is 0 Å². The maximum Gasteiger partial charge on any atom is 0.259 e. The van der Waals surface area contributed by atoms with Crippen LogP contribution >= 0.6 is 0 Å². The maximum atomic E-state index is 12.1. The van der Waals surface area contributed by atoms with E-state index in [1.54, 1.807) is 36.5 Å². The molecule has 2 aromatic heterocycles. The molecule has 0 aliphatic heterocycles. The van der Waals surface area contributed by atoms with Crippen molar-refractivity contribution in [2.45, 2.75) is 6.54 Å². The molecular formula is C12H14N4O. The van der Waals surface area contributed by atoms with Crippen LogP contribution in [0.25, 0.3) is 0 Å². The fourth-order valence-electron chi connectivity index (χ4n) is 1.56. The highest BCUT2D eigenvalue weighted by atomic mass is 16.2. The van der Waals surface area contributed by atoms with Crippen molar-refractivity contribution in [2.75, 3.05) is 11.9 Å². The van der Waals surface area contributed by atoms with Crippen LogP contribution in [0, 0.1) is 0 Å². The summed E-state index contributed by atoms with van der Waals surface area (Å²) >= 11 is 0. The molecule has 5 nitrogen and oxygen atoms in total. The number of rotatable bonds is 3. The number of carbonyl (C=O) groups is 1. The molecule has 2 rings (SSSR count). The van der Waals surface area contributed by atoms with Crippen LogP contribution in [0.4, 0.5) is 5.82 Å². The smallest absolute Gasteiger partial charge is 0.259 e. The van der Waals surface area contributed by atoms with Crippen molar-refractivity contribution in [2.24, 2.45) is 5.73 Å². The Bertz CT molecular complexity index is 507. The largest absolute Gasteiger partial charge is 0.348 e. The molecule has 0 aliphatic rings. The molecule has 0 saturated heterocycles. The maximum absolute atomic E-state index is 12.1. The van der Waals surface area contributed by atoms with Gasteiger partial charge in [-0.25, -0.2) is 0 Å². The zero-order valence-electron chi connectivity index (χ0n) is 9.55. The van der Waals surface area contributed by atoms with E-state index in [0.29, 0.717) is 17.8 Å². The van der Waals surface area contributed by atoms with Gasteiger partial charge < -0.3 is 10.7 Å². The summed E-state index contributed by atoms with van der Waals surface area (Å²) in [6.07, 6.45) is 3.37. The molecule has 0 bridgehead atoms. The van der Waals surface area contributed by atoms with Gasteiger partial charge in [0.05, 0.1) is 5.69 Å². The minimum atomic E-state index is -0.0930. The number of hydrogen-bond donors (Lipinski definition) is 2. The monoisotopic (exact) mass is 230 g/mol. The molecule has 17 heavy (non-hydrogen) atoms. The number of aromatic amines is 1. The van der Waals surface area contributed by atoms with Gasteiger partial charge in [0.25, 0.3) is 5.91 Å². The SMILES string of the molecule is CN(C(=O)c1ccnc(CN)c1)c1ccc[nH]1. The summed E-state index contributed by atoms with van der Waals surface area (Å²) < 4.78 is 0. The fraction of sp³-hybridized carbons (Fsp3) is 0.167. The Morgan fingerprint density at radius 2 is 2.35 bits per heavy atom. The zero-order valence-corrected chi connectivity index (χ0v) is 9.55. The first kappa shape index (κ1) is 11.3. The summed E-state index contributed by atoms with van der Waals surface area (Å²) in [4.78, 5) is 20.7. The van der Waals surface area contributed by atoms with E-state index in [4.69, 9.17) is 5.73 Å². The Labute approximate surface area is 99.3 Å². The summed E-state index contributed by atoms with van der Waals surface area (Å²) in [7, 11) is 1.72. The standard InChI is InChI=1S/C12H14N4O/c1-16(11-3-2-5-15-11)12(17)9-4-6-14-10(7-9)8-13/h2-7,15H,8,13H2,1H3. The normalized spacial score (nSPS) is 10.2. The quantitative estimate of drug-likeness (QED) is 0.830. The number of nitrogens with one attached hydrogen (secondary N) is 1. The van der Waals surface area contributed by atoms with Crippen LogP contribution in [0.1, 0.15) is 16.1 Å². The van der Waals surface area contributed by atoms with E-state index in [0.717, 1.165) is 5.82 Å². The predicted octanol–water partition coefficient (Wildman–Crippen LogP) is 1.15. The number of carbonyl (C=O) groups excluding carboxylic acids is 1. The molecule has 0 unspecified atom stereocenters. The van der Waals surface area contributed by atoms with Crippen molar-refractivity contribution in [3.63, 3.8) is 0 Å². The lowest BCUT2D eigenvalue weighted by atomic mass is 10.2. The lowest BCUT2D eigenvalue weighted by Crippen LogP contribution is -2.26. The molecule has 3 N–H and O–H groups in total. The average Bonchev–Trinajstić information content (AvgIpc) is 2.91. The molecule has 0 fully saturated rings. The molecule has 0 spiro atoms. The van der Waals surface area contributed by atoms with E-state index in [9.17, 15) is 4.79 Å². The predicted molar refractivity (Wildman–Crippen MR) is 65.7 cm³/mol. The van der Waals surface area contributed by atoms with E-state index in [1.807, 2.05) is 12.1 Å².